The summed E-state index contributed by atoms with van der Waals surface area (Å²) in [4.78, 5) is 10.7. The first-order chi connectivity index (χ1) is 7.11. The average Bonchev–Trinajstić information content (AvgIpc) is 2.23. The van der Waals surface area contributed by atoms with E-state index in [1.165, 1.54) is 6.07 Å². The molecule has 2 aromatic carbocycles. The van der Waals surface area contributed by atoms with Crippen LogP contribution in [0.15, 0.2) is 35.2 Å². The van der Waals surface area contributed by atoms with Crippen LogP contribution < -0.4 is 5.73 Å². The first-order valence-electron chi connectivity index (χ1n) is 4.26. The van der Waals surface area contributed by atoms with Crippen LogP contribution in [0.25, 0.3) is 10.8 Å². The molecule has 0 saturated carbocycles. The van der Waals surface area contributed by atoms with Gasteiger partial charge in [0.2, 0.25) is 0 Å². The first-order valence-corrected chi connectivity index (χ1v) is 4.70. The Bertz CT molecular complexity index is 554. The van der Waals surface area contributed by atoms with E-state index in [4.69, 9.17) is 5.73 Å². The number of rotatable bonds is 1. The molecule has 0 heterocycles. The van der Waals surface area contributed by atoms with Gasteiger partial charge in [-0.25, -0.2) is 0 Å². The zero-order valence-electron chi connectivity index (χ0n) is 7.68. The molecule has 0 atom stereocenters. The van der Waals surface area contributed by atoms with Crippen LogP contribution in [0, 0.1) is 10.1 Å². The van der Waals surface area contributed by atoms with Gasteiger partial charge in [-0.2, -0.15) is 0 Å². The molecule has 0 bridgehead atoms. The van der Waals surface area contributed by atoms with Crippen LogP contribution in [0.1, 0.15) is 0 Å². The number of nitrogens with zero attached hydrogens (tertiary/aromatic N) is 1. The Kier molecular flexibility index (Phi) is 2.24. The summed E-state index contributed by atoms with van der Waals surface area (Å²) in [5, 5.41) is 12.3. The van der Waals surface area contributed by atoms with Crippen molar-refractivity contribution in [2.24, 2.45) is 0 Å². The second kappa shape index (κ2) is 3.43. The summed E-state index contributed by atoms with van der Waals surface area (Å²) in [7, 11) is 0. The summed E-state index contributed by atoms with van der Waals surface area (Å²) < 4.78 is 0. The van der Waals surface area contributed by atoms with Crippen molar-refractivity contribution < 1.29 is 4.92 Å². The number of hydrogen-bond acceptors (Lipinski definition) is 4. The van der Waals surface area contributed by atoms with Crippen molar-refractivity contribution >= 4 is 34.8 Å². The Labute approximate surface area is 91.3 Å². The van der Waals surface area contributed by atoms with Gasteiger partial charge in [0, 0.05) is 11.0 Å². The van der Waals surface area contributed by atoms with Crippen molar-refractivity contribution in [3.63, 3.8) is 0 Å². The summed E-state index contributed by atoms with van der Waals surface area (Å²) >= 11 is 4.20. The van der Waals surface area contributed by atoms with Gasteiger partial charge in [-0.05, 0) is 10.8 Å². The zero-order valence-corrected chi connectivity index (χ0v) is 8.57. The molecule has 0 saturated heterocycles. The minimum Gasteiger partial charge on any atom is -0.392 e. The quantitative estimate of drug-likeness (QED) is 0.336. The van der Waals surface area contributed by atoms with Crippen molar-refractivity contribution in [2.45, 2.75) is 4.90 Å². The standard InChI is InChI=1S/C10H8N2O2S/c11-9-8(12(13)14)5-6-3-1-2-4-7(6)10(9)15/h1-5,15H,11H2. The molecule has 0 radical (unpaired) electrons. The third kappa shape index (κ3) is 1.50. The molecule has 0 aliphatic rings. The second-order valence-corrected chi connectivity index (χ2v) is 3.58. The molecule has 2 rings (SSSR count). The predicted molar refractivity (Wildman–Crippen MR) is 62.3 cm³/mol. The van der Waals surface area contributed by atoms with Crippen molar-refractivity contribution in [3.05, 3.63) is 40.4 Å². The maximum atomic E-state index is 10.7. The Morgan fingerprint density at radius 3 is 2.67 bits per heavy atom. The van der Waals surface area contributed by atoms with Gasteiger partial charge in [-0.3, -0.25) is 10.1 Å². The van der Waals surface area contributed by atoms with Gasteiger partial charge in [0.25, 0.3) is 5.69 Å². The smallest absolute Gasteiger partial charge is 0.293 e. The minimum absolute atomic E-state index is 0.0984. The Hall–Kier alpha value is -1.75. The third-order valence-corrected chi connectivity index (χ3v) is 2.72. The minimum atomic E-state index is -0.499. The summed E-state index contributed by atoms with van der Waals surface area (Å²) in [5.41, 5.74) is 5.65. The highest BCUT2D eigenvalue weighted by Crippen LogP contribution is 2.35. The second-order valence-electron chi connectivity index (χ2n) is 3.14. The van der Waals surface area contributed by atoms with E-state index in [0.29, 0.717) is 4.90 Å². The number of benzene rings is 2. The topological polar surface area (TPSA) is 69.2 Å². The van der Waals surface area contributed by atoms with Crippen molar-refractivity contribution in [1.29, 1.82) is 0 Å². The highest BCUT2D eigenvalue weighted by Gasteiger charge is 2.16. The number of hydrogen-bond donors (Lipinski definition) is 2. The third-order valence-electron chi connectivity index (χ3n) is 2.24. The lowest BCUT2D eigenvalue weighted by Gasteiger charge is -2.05. The van der Waals surface area contributed by atoms with Crippen LogP contribution in [0.2, 0.25) is 0 Å². The number of anilines is 1. The molecule has 0 aromatic heterocycles. The number of thiol groups is 1. The lowest BCUT2D eigenvalue weighted by Crippen LogP contribution is -1.97. The zero-order chi connectivity index (χ0) is 11.0. The molecule has 2 aromatic rings. The van der Waals surface area contributed by atoms with Gasteiger partial charge >= 0.3 is 0 Å². The molecule has 0 fully saturated rings. The maximum absolute atomic E-state index is 10.7. The van der Waals surface area contributed by atoms with Crippen molar-refractivity contribution in [3.8, 4) is 0 Å². The van der Waals surface area contributed by atoms with Gasteiger partial charge in [0.15, 0.2) is 0 Å². The lowest BCUT2D eigenvalue weighted by atomic mass is 10.1. The number of fused-ring (bicyclic) bond motifs is 1. The van der Waals surface area contributed by atoms with Gasteiger partial charge in [0.1, 0.15) is 5.69 Å². The molecular weight excluding hydrogens is 212 g/mol. The van der Waals surface area contributed by atoms with Crippen LogP contribution in [-0.2, 0) is 0 Å². The summed E-state index contributed by atoms with van der Waals surface area (Å²) in [6, 6.07) is 8.74. The highest BCUT2D eigenvalue weighted by atomic mass is 32.1. The molecule has 0 spiro atoms. The van der Waals surface area contributed by atoms with Gasteiger partial charge < -0.3 is 5.73 Å². The summed E-state index contributed by atoms with van der Waals surface area (Å²) in [5.74, 6) is 0. The molecule has 0 aliphatic heterocycles. The molecule has 76 valence electrons. The number of nitrogen functional groups attached to an aromatic ring is 1. The molecule has 2 N–H and O–H groups in total. The van der Waals surface area contributed by atoms with E-state index in [1.807, 2.05) is 18.2 Å². The molecule has 0 amide bonds. The number of nitrogens with two attached hydrogens (primary N) is 1. The van der Waals surface area contributed by atoms with E-state index in [9.17, 15) is 10.1 Å². The van der Waals surface area contributed by atoms with E-state index < -0.39 is 4.92 Å². The van der Waals surface area contributed by atoms with Crippen LogP contribution in [-0.4, -0.2) is 4.92 Å². The van der Waals surface area contributed by atoms with Crippen molar-refractivity contribution in [2.75, 3.05) is 5.73 Å². The predicted octanol–water partition coefficient (Wildman–Crippen LogP) is 2.62. The van der Waals surface area contributed by atoms with E-state index in [1.54, 1.807) is 6.07 Å². The van der Waals surface area contributed by atoms with Crippen LogP contribution in [0.5, 0.6) is 0 Å². The summed E-state index contributed by atoms with van der Waals surface area (Å²) in [6.45, 7) is 0. The Morgan fingerprint density at radius 2 is 2.00 bits per heavy atom. The van der Waals surface area contributed by atoms with Gasteiger partial charge in [-0.1, -0.05) is 24.3 Å². The fourth-order valence-corrected chi connectivity index (χ4v) is 1.80. The average molecular weight is 220 g/mol. The molecular formula is C10H8N2O2S. The van der Waals surface area contributed by atoms with Gasteiger partial charge in [-0.15, -0.1) is 12.6 Å². The van der Waals surface area contributed by atoms with Crippen LogP contribution in [0.3, 0.4) is 0 Å². The molecule has 4 nitrogen and oxygen atoms in total. The number of nitro groups is 1. The van der Waals surface area contributed by atoms with Crippen LogP contribution >= 0.6 is 12.6 Å². The molecule has 0 aliphatic carbocycles. The Morgan fingerprint density at radius 1 is 1.33 bits per heavy atom. The van der Waals surface area contributed by atoms with E-state index in [2.05, 4.69) is 12.6 Å². The normalized spacial score (nSPS) is 10.5. The Balaban J connectivity index is 2.88. The first kappa shape index (κ1) is 9.79. The van der Waals surface area contributed by atoms with Crippen LogP contribution in [0.4, 0.5) is 11.4 Å². The number of nitro benzene ring substituents is 1. The fraction of sp³-hybridized carbons (Fsp3) is 0. The van der Waals surface area contributed by atoms with E-state index >= 15 is 0 Å². The van der Waals surface area contributed by atoms with Crippen molar-refractivity contribution in [1.82, 2.24) is 0 Å². The highest BCUT2D eigenvalue weighted by molar-refractivity contribution is 7.80. The monoisotopic (exact) mass is 220 g/mol. The van der Waals surface area contributed by atoms with E-state index in [-0.39, 0.29) is 11.4 Å². The largest absolute Gasteiger partial charge is 0.392 e. The summed E-state index contributed by atoms with van der Waals surface area (Å²) in [6.07, 6.45) is 0. The molecule has 0 unspecified atom stereocenters. The molecule has 15 heavy (non-hydrogen) atoms. The maximum Gasteiger partial charge on any atom is 0.293 e. The van der Waals surface area contributed by atoms with Gasteiger partial charge in [0.05, 0.1) is 4.92 Å². The molecule has 5 heteroatoms. The lowest BCUT2D eigenvalue weighted by molar-refractivity contribution is -0.383. The van der Waals surface area contributed by atoms with E-state index in [0.717, 1.165) is 10.8 Å². The fourth-order valence-electron chi connectivity index (χ4n) is 1.48. The SMILES string of the molecule is Nc1c([N+](=O)[O-])cc2ccccc2c1S.